The number of urea groups is 1. The molecule has 0 radical (unpaired) electrons. The molecule has 4 rings (SSSR count). The van der Waals surface area contributed by atoms with E-state index in [-0.39, 0.29) is 12.2 Å². The summed E-state index contributed by atoms with van der Waals surface area (Å²) in [5.41, 5.74) is 3.46. The Morgan fingerprint density at radius 3 is 2.33 bits per heavy atom. The lowest BCUT2D eigenvalue weighted by atomic mass is 10.1. The van der Waals surface area contributed by atoms with Gasteiger partial charge in [-0.3, -0.25) is 14.9 Å². The normalized spacial score (nSPS) is 14.9. The van der Waals surface area contributed by atoms with Crippen LogP contribution in [0.4, 0.5) is 10.5 Å². The molecule has 0 unspecified atom stereocenters. The molecule has 1 fully saturated rings. The number of nitrogens with one attached hydrogen (secondary N) is 1. The molecule has 4 amide bonds. The lowest BCUT2D eigenvalue weighted by Gasteiger charge is -2.27. The van der Waals surface area contributed by atoms with Crippen LogP contribution in [0.1, 0.15) is 22.3 Å². The minimum absolute atomic E-state index is 0.152. The third-order valence-electron chi connectivity index (χ3n) is 5.27. The second-order valence-corrected chi connectivity index (χ2v) is 11.0. The first-order chi connectivity index (χ1) is 17.0. The molecule has 1 saturated heterocycles. The summed E-state index contributed by atoms with van der Waals surface area (Å²) in [6.45, 7) is 4.00. The quantitative estimate of drug-likeness (QED) is 0.173. The monoisotopic (exact) mass is 698 g/mol. The highest BCUT2D eigenvalue weighted by Crippen LogP contribution is 2.34. The second-order valence-electron chi connectivity index (χ2n) is 8.15. The van der Waals surface area contributed by atoms with Crippen LogP contribution in [-0.4, -0.2) is 17.8 Å². The van der Waals surface area contributed by atoms with E-state index in [9.17, 15) is 14.4 Å². The van der Waals surface area contributed by atoms with Gasteiger partial charge in [0.2, 0.25) is 0 Å². The molecule has 1 aliphatic heterocycles. The molecule has 1 heterocycles. The molecule has 0 aliphatic carbocycles. The van der Waals surface area contributed by atoms with Crippen molar-refractivity contribution in [1.29, 1.82) is 0 Å². The number of amides is 4. The Kier molecular flexibility index (Phi) is 8.09. The smallest absolute Gasteiger partial charge is 0.335 e. The number of barbiturate groups is 1. The summed E-state index contributed by atoms with van der Waals surface area (Å²) < 4.78 is 7.35. The number of carbonyl (C=O) groups excluding carboxylic acids is 3. The zero-order chi connectivity index (χ0) is 26.1. The second kappa shape index (κ2) is 10.9. The van der Waals surface area contributed by atoms with E-state index in [2.05, 4.69) is 43.8 Å². The van der Waals surface area contributed by atoms with E-state index in [1.807, 2.05) is 26.0 Å². The first-order valence-corrected chi connectivity index (χ1v) is 13.2. The van der Waals surface area contributed by atoms with Gasteiger partial charge in [0.05, 0.1) is 23.8 Å². The molecule has 0 spiro atoms. The van der Waals surface area contributed by atoms with Crippen molar-refractivity contribution in [2.24, 2.45) is 0 Å². The van der Waals surface area contributed by atoms with Gasteiger partial charge in [-0.15, -0.1) is 0 Å². The van der Waals surface area contributed by atoms with Crippen molar-refractivity contribution in [1.82, 2.24) is 5.32 Å². The average Bonchev–Trinajstić information content (AvgIpc) is 2.77. The van der Waals surface area contributed by atoms with Gasteiger partial charge >= 0.3 is 6.03 Å². The SMILES string of the molecule is Cc1cc(C)cc(N2C(=O)NC(=O)/C(=C\c3cc(Br)c(OCc4ccc(Cl)c(Cl)c4)c(I)c3)C2=O)c1. The van der Waals surface area contributed by atoms with E-state index < -0.39 is 17.8 Å². The maximum atomic E-state index is 13.2. The molecule has 3 aromatic rings. The minimum Gasteiger partial charge on any atom is -0.487 e. The first-order valence-electron chi connectivity index (χ1n) is 10.6. The Balaban J connectivity index is 1.61. The highest BCUT2D eigenvalue weighted by atomic mass is 127. The maximum Gasteiger partial charge on any atom is 0.335 e. The molecule has 10 heteroatoms. The van der Waals surface area contributed by atoms with E-state index in [1.165, 1.54) is 6.08 Å². The van der Waals surface area contributed by atoms with Crippen LogP contribution in [0.15, 0.2) is 58.6 Å². The summed E-state index contributed by atoms with van der Waals surface area (Å²) in [7, 11) is 0. The van der Waals surface area contributed by atoms with E-state index in [1.54, 1.807) is 36.4 Å². The fraction of sp³-hybridized carbons (Fsp3) is 0.115. The van der Waals surface area contributed by atoms with Crippen LogP contribution >= 0.6 is 61.7 Å². The van der Waals surface area contributed by atoms with Gasteiger partial charge in [-0.2, -0.15) is 0 Å². The minimum atomic E-state index is -0.783. The molecule has 3 aromatic carbocycles. The number of ether oxygens (including phenoxy) is 1. The topological polar surface area (TPSA) is 75.7 Å². The Labute approximate surface area is 239 Å². The van der Waals surface area contributed by atoms with E-state index in [0.717, 1.165) is 25.2 Å². The summed E-state index contributed by atoms with van der Waals surface area (Å²) in [6, 6.07) is 13.4. The van der Waals surface area contributed by atoms with Crippen LogP contribution in [0, 0.1) is 17.4 Å². The maximum absolute atomic E-state index is 13.2. The average molecular weight is 700 g/mol. The molecule has 1 N–H and O–H groups in total. The third-order valence-corrected chi connectivity index (χ3v) is 7.39. The van der Waals surface area contributed by atoms with Gasteiger partial charge in [0.25, 0.3) is 11.8 Å². The van der Waals surface area contributed by atoms with Crippen LogP contribution in [0.25, 0.3) is 6.08 Å². The molecule has 1 aliphatic rings. The molecule has 36 heavy (non-hydrogen) atoms. The highest BCUT2D eigenvalue weighted by molar-refractivity contribution is 14.1. The van der Waals surface area contributed by atoms with Crippen molar-refractivity contribution in [3.8, 4) is 5.75 Å². The van der Waals surface area contributed by atoms with Crippen molar-refractivity contribution in [3.05, 3.63) is 94.4 Å². The Morgan fingerprint density at radius 1 is 1.00 bits per heavy atom. The van der Waals surface area contributed by atoms with Crippen molar-refractivity contribution in [3.63, 3.8) is 0 Å². The number of anilines is 1. The molecule has 0 aromatic heterocycles. The largest absolute Gasteiger partial charge is 0.487 e. The molecular formula is C26H18BrCl2IN2O4. The summed E-state index contributed by atoms with van der Waals surface area (Å²) in [5, 5.41) is 3.16. The van der Waals surface area contributed by atoms with Gasteiger partial charge in [-0.1, -0.05) is 35.3 Å². The van der Waals surface area contributed by atoms with Crippen molar-refractivity contribution < 1.29 is 19.1 Å². The summed E-state index contributed by atoms with van der Waals surface area (Å²) >= 11 is 17.7. The highest BCUT2D eigenvalue weighted by Gasteiger charge is 2.37. The Morgan fingerprint density at radius 2 is 1.69 bits per heavy atom. The number of halogens is 4. The summed E-state index contributed by atoms with van der Waals surface area (Å²) in [4.78, 5) is 39.3. The fourth-order valence-electron chi connectivity index (χ4n) is 3.72. The van der Waals surface area contributed by atoms with E-state index >= 15 is 0 Å². The zero-order valence-electron chi connectivity index (χ0n) is 19.0. The number of aryl methyl sites for hydroxylation is 2. The lowest BCUT2D eigenvalue weighted by molar-refractivity contribution is -0.122. The van der Waals surface area contributed by atoms with Crippen LogP contribution in [0.3, 0.4) is 0 Å². The molecule has 0 bridgehead atoms. The van der Waals surface area contributed by atoms with E-state index in [4.69, 9.17) is 27.9 Å². The van der Waals surface area contributed by atoms with Crippen LogP contribution < -0.4 is 15.0 Å². The van der Waals surface area contributed by atoms with Gasteiger partial charge in [-0.05, 0) is 117 Å². The zero-order valence-corrected chi connectivity index (χ0v) is 24.3. The van der Waals surface area contributed by atoms with Gasteiger partial charge in [0.15, 0.2) is 0 Å². The van der Waals surface area contributed by atoms with Gasteiger partial charge in [0.1, 0.15) is 17.9 Å². The van der Waals surface area contributed by atoms with E-state index in [0.29, 0.717) is 31.5 Å². The van der Waals surface area contributed by atoms with Crippen molar-refractivity contribution in [2.45, 2.75) is 20.5 Å². The molecule has 6 nitrogen and oxygen atoms in total. The van der Waals surface area contributed by atoms with Gasteiger partial charge < -0.3 is 4.74 Å². The Bertz CT molecular complexity index is 1410. The lowest BCUT2D eigenvalue weighted by Crippen LogP contribution is -2.54. The molecule has 184 valence electrons. The fourth-order valence-corrected chi connectivity index (χ4v) is 5.81. The summed E-state index contributed by atoms with van der Waals surface area (Å²) in [6.07, 6.45) is 1.45. The number of benzene rings is 3. The van der Waals surface area contributed by atoms with Crippen LogP contribution in [0.5, 0.6) is 5.75 Å². The molecular weight excluding hydrogens is 682 g/mol. The van der Waals surface area contributed by atoms with Gasteiger partial charge in [-0.25, -0.2) is 9.69 Å². The number of hydrogen-bond acceptors (Lipinski definition) is 4. The van der Waals surface area contributed by atoms with Crippen molar-refractivity contribution in [2.75, 3.05) is 4.90 Å². The predicted octanol–water partition coefficient (Wildman–Crippen LogP) is 7.22. The van der Waals surface area contributed by atoms with Crippen molar-refractivity contribution >= 4 is 91.3 Å². The predicted molar refractivity (Wildman–Crippen MR) is 153 cm³/mol. The number of carbonyl (C=O) groups is 3. The standard InChI is InChI=1S/C26H18BrCl2IN2O4/c1-13-5-14(2)7-17(6-13)32-25(34)18(24(33)31-26(32)35)8-16-9-19(27)23(22(30)11-16)36-12-15-3-4-20(28)21(29)10-15/h3-11H,12H2,1-2H3,(H,31,33,35)/b18-8+. The van der Waals surface area contributed by atoms with Crippen LogP contribution in [-0.2, 0) is 16.2 Å². The third kappa shape index (κ3) is 5.77. The number of imide groups is 2. The molecule has 0 saturated carbocycles. The Hall–Kier alpha value is -2.40. The summed E-state index contributed by atoms with van der Waals surface area (Å²) in [5.74, 6) is -0.855. The number of hydrogen-bond donors (Lipinski definition) is 1. The first kappa shape index (κ1) is 26.7. The number of nitrogens with zero attached hydrogens (tertiary/aromatic N) is 1. The molecule has 0 atom stereocenters. The number of rotatable bonds is 5. The van der Waals surface area contributed by atoms with Crippen LogP contribution in [0.2, 0.25) is 10.0 Å². The van der Waals surface area contributed by atoms with Gasteiger partial charge in [0, 0.05) is 0 Å².